The standard InChI is InChI=1S/C15H22N2O3.ClH/c1-10(17-15(18)11-6-7-16-9-11)13-8-12(19-2)4-5-14(13)20-3;/h4-5,8,10-11,16H,6-7,9H2,1-3H3,(H,17,18);1H. The summed E-state index contributed by atoms with van der Waals surface area (Å²) in [6.07, 6.45) is 0.897. The zero-order chi connectivity index (χ0) is 14.5. The molecule has 1 aromatic carbocycles. The fourth-order valence-electron chi connectivity index (χ4n) is 2.47. The van der Waals surface area contributed by atoms with Gasteiger partial charge in [-0.05, 0) is 38.1 Å². The number of hydrogen-bond acceptors (Lipinski definition) is 4. The normalized spacial score (nSPS) is 18.5. The third-order valence-electron chi connectivity index (χ3n) is 3.69. The third-order valence-corrected chi connectivity index (χ3v) is 3.69. The van der Waals surface area contributed by atoms with E-state index < -0.39 is 0 Å². The summed E-state index contributed by atoms with van der Waals surface area (Å²) in [6, 6.07) is 5.48. The van der Waals surface area contributed by atoms with Crippen LogP contribution in [0, 0.1) is 5.92 Å². The van der Waals surface area contributed by atoms with Gasteiger partial charge in [-0.15, -0.1) is 12.4 Å². The van der Waals surface area contributed by atoms with Crippen molar-refractivity contribution in [1.82, 2.24) is 10.6 Å². The fraction of sp³-hybridized carbons (Fsp3) is 0.533. The second kappa shape index (κ2) is 8.10. The molecule has 5 nitrogen and oxygen atoms in total. The number of rotatable bonds is 5. The van der Waals surface area contributed by atoms with Crippen molar-refractivity contribution in [2.45, 2.75) is 19.4 Å². The van der Waals surface area contributed by atoms with E-state index in [1.54, 1.807) is 14.2 Å². The van der Waals surface area contributed by atoms with Gasteiger partial charge in [-0.3, -0.25) is 4.79 Å². The van der Waals surface area contributed by atoms with Crippen molar-refractivity contribution in [3.63, 3.8) is 0 Å². The number of nitrogens with one attached hydrogen (secondary N) is 2. The maximum absolute atomic E-state index is 12.2. The first-order valence-corrected chi connectivity index (χ1v) is 6.88. The molecule has 2 atom stereocenters. The Labute approximate surface area is 131 Å². The van der Waals surface area contributed by atoms with Crippen molar-refractivity contribution in [3.8, 4) is 11.5 Å². The highest BCUT2D eigenvalue weighted by molar-refractivity contribution is 5.85. The van der Waals surface area contributed by atoms with Gasteiger partial charge < -0.3 is 20.1 Å². The number of halogens is 1. The van der Waals surface area contributed by atoms with Crippen molar-refractivity contribution in [3.05, 3.63) is 23.8 Å². The maximum atomic E-state index is 12.2. The van der Waals surface area contributed by atoms with E-state index in [1.807, 2.05) is 25.1 Å². The van der Waals surface area contributed by atoms with Gasteiger partial charge in [0, 0.05) is 12.1 Å². The molecule has 2 rings (SSSR count). The Morgan fingerprint density at radius 3 is 2.71 bits per heavy atom. The summed E-state index contributed by atoms with van der Waals surface area (Å²) >= 11 is 0. The van der Waals surface area contributed by atoms with E-state index in [0.29, 0.717) is 0 Å². The highest BCUT2D eigenvalue weighted by Gasteiger charge is 2.24. The molecule has 0 radical (unpaired) electrons. The molecule has 0 bridgehead atoms. The molecule has 0 spiro atoms. The lowest BCUT2D eigenvalue weighted by atomic mass is 10.0. The Morgan fingerprint density at radius 1 is 1.38 bits per heavy atom. The number of amides is 1. The third kappa shape index (κ3) is 4.25. The number of benzene rings is 1. The molecule has 21 heavy (non-hydrogen) atoms. The average Bonchev–Trinajstić information content (AvgIpc) is 3.00. The van der Waals surface area contributed by atoms with E-state index in [4.69, 9.17) is 9.47 Å². The number of carbonyl (C=O) groups excluding carboxylic acids is 1. The minimum atomic E-state index is -0.117. The molecule has 2 N–H and O–H groups in total. The van der Waals surface area contributed by atoms with Crippen LogP contribution >= 0.6 is 12.4 Å². The van der Waals surface area contributed by atoms with Gasteiger partial charge in [0.2, 0.25) is 5.91 Å². The summed E-state index contributed by atoms with van der Waals surface area (Å²) in [4.78, 5) is 12.2. The van der Waals surface area contributed by atoms with Gasteiger partial charge in [0.15, 0.2) is 0 Å². The molecule has 0 saturated carbocycles. The van der Waals surface area contributed by atoms with Gasteiger partial charge >= 0.3 is 0 Å². The summed E-state index contributed by atoms with van der Waals surface area (Å²) in [5.74, 6) is 1.66. The van der Waals surface area contributed by atoms with E-state index in [0.717, 1.165) is 36.6 Å². The summed E-state index contributed by atoms with van der Waals surface area (Å²) in [5, 5.41) is 6.25. The van der Waals surface area contributed by atoms with Crippen LogP contribution in [0.25, 0.3) is 0 Å². The minimum Gasteiger partial charge on any atom is -0.497 e. The number of methoxy groups -OCH3 is 2. The van der Waals surface area contributed by atoms with Gasteiger partial charge in [-0.25, -0.2) is 0 Å². The van der Waals surface area contributed by atoms with Gasteiger partial charge in [-0.1, -0.05) is 0 Å². The molecule has 1 saturated heterocycles. The van der Waals surface area contributed by atoms with Gasteiger partial charge in [0.1, 0.15) is 11.5 Å². The largest absolute Gasteiger partial charge is 0.497 e. The Morgan fingerprint density at radius 2 is 2.14 bits per heavy atom. The number of hydrogen-bond donors (Lipinski definition) is 2. The van der Waals surface area contributed by atoms with Gasteiger partial charge in [0.05, 0.1) is 26.2 Å². The van der Waals surface area contributed by atoms with E-state index >= 15 is 0 Å². The summed E-state index contributed by atoms with van der Waals surface area (Å²) in [6.45, 7) is 3.63. The van der Waals surface area contributed by atoms with Crippen LogP contribution in [0.15, 0.2) is 18.2 Å². The minimum absolute atomic E-state index is 0. The van der Waals surface area contributed by atoms with E-state index in [9.17, 15) is 4.79 Å². The average molecular weight is 315 g/mol. The second-order valence-corrected chi connectivity index (χ2v) is 5.03. The quantitative estimate of drug-likeness (QED) is 0.871. The first-order valence-electron chi connectivity index (χ1n) is 6.88. The van der Waals surface area contributed by atoms with E-state index in [2.05, 4.69) is 10.6 Å². The SMILES string of the molecule is COc1ccc(OC)c(C(C)NC(=O)C2CCNC2)c1.Cl. The molecule has 1 aromatic rings. The van der Waals surface area contributed by atoms with Crippen LogP contribution in [-0.2, 0) is 4.79 Å². The highest BCUT2D eigenvalue weighted by Crippen LogP contribution is 2.29. The van der Waals surface area contributed by atoms with Crippen molar-refractivity contribution in [2.24, 2.45) is 5.92 Å². The van der Waals surface area contributed by atoms with Crippen LogP contribution in [0.5, 0.6) is 11.5 Å². The zero-order valence-corrected chi connectivity index (χ0v) is 13.5. The van der Waals surface area contributed by atoms with Crippen LogP contribution in [0.4, 0.5) is 0 Å². The van der Waals surface area contributed by atoms with Crippen LogP contribution in [0.2, 0.25) is 0 Å². The van der Waals surface area contributed by atoms with Crippen LogP contribution < -0.4 is 20.1 Å². The Bertz CT molecular complexity index is 476. The van der Waals surface area contributed by atoms with Crippen LogP contribution in [0.3, 0.4) is 0 Å². The van der Waals surface area contributed by atoms with E-state index in [-0.39, 0.29) is 30.3 Å². The molecule has 1 fully saturated rings. The van der Waals surface area contributed by atoms with Crippen molar-refractivity contribution in [2.75, 3.05) is 27.3 Å². The molecule has 0 aliphatic carbocycles. The molecule has 118 valence electrons. The van der Waals surface area contributed by atoms with Crippen molar-refractivity contribution >= 4 is 18.3 Å². The molecular formula is C15H23ClN2O3. The smallest absolute Gasteiger partial charge is 0.224 e. The molecular weight excluding hydrogens is 292 g/mol. The predicted octanol–water partition coefficient (Wildman–Crippen LogP) is 1.91. The Hall–Kier alpha value is -1.46. The molecule has 1 aliphatic rings. The molecule has 1 amide bonds. The molecule has 1 heterocycles. The molecule has 6 heteroatoms. The van der Waals surface area contributed by atoms with Crippen LogP contribution in [0.1, 0.15) is 24.9 Å². The summed E-state index contributed by atoms with van der Waals surface area (Å²) < 4.78 is 10.6. The molecule has 2 unspecified atom stereocenters. The Balaban J connectivity index is 0.00000220. The number of ether oxygens (including phenoxy) is 2. The monoisotopic (exact) mass is 314 g/mol. The fourth-order valence-corrected chi connectivity index (χ4v) is 2.47. The first kappa shape index (κ1) is 17.6. The lowest BCUT2D eigenvalue weighted by Crippen LogP contribution is -2.34. The lowest BCUT2D eigenvalue weighted by Gasteiger charge is -2.20. The zero-order valence-electron chi connectivity index (χ0n) is 12.6. The predicted molar refractivity (Wildman–Crippen MR) is 84.3 cm³/mol. The Kier molecular flexibility index (Phi) is 6.78. The second-order valence-electron chi connectivity index (χ2n) is 5.03. The lowest BCUT2D eigenvalue weighted by molar-refractivity contribution is -0.125. The summed E-state index contributed by atoms with van der Waals surface area (Å²) in [7, 11) is 3.25. The van der Waals surface area contributed by atoms with Crippen molar-refractivity contribution < 1.29 is 14.3 Å². The summed E-state index contributed by atoms with van der Waals surface area (Å²) in [5.41, 5.74) is 0.922. The van der Waals surface area contributed by atoms with Crippen LogP contribution in [-0.4, -0.2) is 33.2 Å². The first-order chi connectivity index (χ1) is 9.65. The van der Waals surface area contributed by atoms with E-state index in [1.165, 1.54) is 0 Å². The van der Waals surface area contributed by atoms with Gasteiger partial charge in [-0.2, -0.15) is 0 Å². The van der Waals surface area contributed by atoms with Crippen molar-refractivity contribution in [1.29, 1.82) is 0 Å². The number of carbonyl (C=O) groups is 1. The molecule has 1 aliphatic heterocycles. The molecule has 0 aromatic heterocycles. The maximum Gasteiger partial charge on any atom is 0.224 e. The topological polar surface area (TPSA) is 59.6 Å². The highest BCUT2D eigenvalue weighted by atomic mass is 35.5. The van der Waals surface area contributed by atoms with Gasteiger partial charge in [0.25, 0.3) is 0 Å².